The van der Waals surface area contributed by atoms with E-state index in [-0.39, 0.29) is 32.2 Å². The van der Waals surface area contributed by atoms with Gasteiger partial charge in [0.2, 0.25) is 0 Å². The summed E-state index contributed by atoms with van der Waals surface area (Å²) in [4.78, 5) is 37.1. The van der Waals surface area contributed by atoms with Crippen LogP contribution in [0.4, 0.5) is 0 Å². The molecule has 0 radical (unpaired) electrons. The summed E-state index contributed by atoms with van der Waals surface area (Å²) < 4.78 is 22.7. The van der Waals surface area contributed by atoms with E-state index >= 15 is 0 Å². The second-order valence-electron chi connectivity index (χ2n) is 17.1. The number of carboxylic acid groups (broad SMARTS) is 1. The third-order valence-corrected chi connectivity index (χ3v) is 10.2. The van der Waals surface area contributed by atoms with E-state index in [0.717, 1.165) is 70.6 Å². The van der Waals surface area contributed by atoms with E-state index < -0.39 is 24.3 Å². The highest BCUT2D eigenvalue weighted by Crippen LogP contribution is 2.14. The number of carbonyl (C=O) groups excluding carboxylic acids is 2. The Balaban J connectivity index is 4.41. The van der Waals surface area contributed by atoms with Crippen molar-refractivity contribution in [2.24, 2.45) is 0 Å². The number of allylic oxidation sites excluding steroid dienone is 4. The van der Waals surface area contributed by atoms with Crippen molar-refractivity contribution in [1.29, 1.82) is 0 Å². The summed E-state index contributed by atoms with van der Waals surface area (Å²) >= 11 is 0. The summed E-state index contributed by atoms with van der Waals surface area (Å²) in [6, 6.07) is 0. The van der Waals surface area contributed by atoms with Crippen LogP contribution in [0.3, 0.4) is 0 Å². The molecule has 0 spiro atoms. The van der Waals surface area contributed by atoms with E-state index in [1.807, 2.05) is 21.1 Å². The Bertz CT molecular complexity index is 991. The molecule has 0 bridgehead atoms. The number of likely N-dealkylation sites (N-methyl/N-ethyl adjacent to an activating group) is 1. The van der Waals surface area contributed by atoms with E-state index in [0.29, 0.717) is 17.4 Å². The van der Waals surface area contributed by atoms with E-state index in [2.05, 4.69) is 38.2 Å². The van der Waals surface area contributed by atoms with Crippen molar-refractivity contribution in [3.8, 4) is 0 Å². The Hall–Kier alpha value is -2.23. The first-order valence-corrected chi connectivity index (χ1v) is 23.5. The van der Waals surface area contributed by atoms with Gasteiger partial charge in [-0.3, -0.25) is 9.59 Å². The van der Waals surface area contributed by atoms with E-state index in [4.69, 9.17) is 18.9 Å². The summed E-state index contributed by atoms with van der Waals surface area (Å²) in [6.07, 6.45) is 40.9. The molecular formula is C48H90NO8+. The fraction of sp³-hybridized carbons (Fsp3) is 0.854. The number of aliphatic carboxylic acids is 1. The number of rotatable bonds is 43. The largest absolute Gasteiger partial charge is 0.477 e. The summed E-state index contributed by atoms with van der Waals surface area (Å²) in [5.41, 5.74) is 0. The number of nitrogens with zero attached hydrogens (tertiary/aromatic N) is 1. The summed E-state index contributed by atoms with van der Waals surface area (Å²) in [7, 11) is 5.95. The van der Waals surface area contributed by atoms with Gasteiger partial charge in [0.15, 0.2) is 6.10 Å². The van der Waals surface area contributed by atoms with Gasteiger partial charge in [-0.05, 0) is 64.2 Å². The molecule has 9 nitrogen and oxygen atoms in total. The summed E-state index contributed by atoms with van der Waals surface area (Å²) in [5, 5.41) is 9.64. The number of carboxylic acids is 1. The van der Waals surface area contributed by atoms with Crippen molar-refractivity contribution < 1.29 is 42.9 Å². The zero-order chi connectivity index (χ0) is 42.1. The highest BCUT2D eigenvalue weighted by atomic mass is 16.7. The minimum absolute atomic E-state index is 0.185. The van der Waals surface area contributed by atoms with Crippen molar-refractivity contribution in [2.75, 3.05) is 47.5 Å². The third kappa shape index (κ3) is 41.7. The van der Waals surface area contributed by atoms with Crippen molar-refractivity contribution in [1.82, 2.24) is 0 Å². The summed E-state index contributed by atoms with van der Waals surface area (Å²) in [6.45, 7) is 4.85. The second-order valence-corrected chi connectivity index (χ2v) is 17.1. The lowest BCUT2D eigenvalue weighted by molar-refractivity contribution is -0.870. The molecule has 0 aliphatic rings. The number of hydrogen-bond acceptors (Lipinski definition) is 7. The SMILES string of the molecule is CCCCCCC/C=C\CCCCCCCC(=O)OCC(COC(OCC[N+](C)(C)C)C(=O)O)OC(=O)CCCCCCCCC/C=C\CCCCCCCCC. The third-order valence-electron chi connectivity index (χ3n) is 10.2. The standard InChI is InChI=1S/C48H89NO8/c1-6-8-10-12-14-16-18-20-22-23-24-25-27-29-31-33-35-37-39-46(51)57-44(43-56-48(47(52)53)54-41-40-49(3,4)5)42-55-45(50)38-36-34-32-30-28-26-21-19-17-15-13-11-9-7-2/h19,21-23,44,48H,6-18,20,24-43H2,1-5H3/p+1/b21-19-,23-22-. The molecule has 0 rings (SSSR count). The molecule has 0 aliphatic heterocycles. The lowest BCUT2D eigenvalue weighted by Crippen LogP contribution is -2.40. The van der Waals surface area contributed by atoms with E-state index in [1.54, 1.807) is 0 Å². The molecule has 57 heavy (non-hydrogen) atoms. The zero-order valence-electron chi connectivity index (χ0n) is 37.8. The molecular weight excluding hydrogens is 719 g/mol. The molecule has 0 saturated heterocycles. The molecule has 0 amide bonds. The zero-order valence-corrected chi connectivity index (χ0v) is 37.8. The minimum atomic E-state index is -1.51. The Morgan fingerprint density at radius 2 is 0.895 bits per heavy atom. The molecule has 2 unspecified atom stereocenters. The number of carbonyl (C=O) groups is 3. The first-order chi connectivity index (χ1) is 27.6. The number of unbranched alkanes of at least 4 members (excludes halogenated alkanes) is 24. The van der Waals surface area contributed by atoms with E-state index in [9.17, 15) is 19.5 Å². The van der Waals surface area contributed by atoms with Gasteiger partial charge in [-0.1, -0.05) is 154 Å². The first-order valence-electron chi connectivity index (χ1n) is 23.5. The molecule has 2 atom stereocenters. The fourth-order valence-corrected chi connectivity index (χ4v) is 6.47. The molecule has 334 valence electrons. The Labute approximate surface area is 350 Å². The number of esters is 2. The van der Waals surface area contributed by atoms with Crippen LogP contribution in [0.25, 0.3) is 0 Å². The van der Waals surface area contributed by atoms with Crippen LogP contribution in [0, 0.1) is 0 Å². The lowest BCUT2D eigenvalue weighted by atomic mass is 10.1. The Morgan fingerprint density at radius 1 is 0.509 bits per heavy atom. The van der Waals surface area contributed by atoms with Crippen molar-refractivity contribution in [3.05, 3.63) is 24.3 Å². The van der Waals surface area contributed by atoms with Crippen LogP contribution in [0.2, 0.25) is 0 Å². The molecule has 1 N–H and O–H groups in total. The normalized spacial score (nSPS) is 13.1. The predicted octanol–water partition coefficient (Wildman–Crippen LogP) is 12.4. The second kappa shape index (κ2) is 40.5. The fourth-order valence-electron chi connectivity index (χ4n) is 6.47. The maximum absolute atomic E-state index is 12.8. The molecule has 0 saturated carbocycles. The van der Waals surface area contributed by atoms with Crippen LogP contribution in [0.15, 0.2) is 24.3 Å². The monoisotopic (exact) mass is 809 g/mol. The van der Waals surface area contributed by atoms with Gasteiger partial charge in [0.05, 0.1) is 34.4 Å². The highest BCUT2D eigenvalue weighted by Gasteiger charge is 2.25. The summed E-state index contributed by atoms with van der Waals surface area (Å²) in [5.74, 6) is -2.02. The maximum Gasteiger partial charge on any atom is 0.361 e. The van der Waals surface area contributed by atoms with Gasteiger partial charge in [-0.2, -0.15) is 0 Å². The van der Waals surface area contributed by atoms with Crippen molar-refractivity contribution in [2.45, 2.75) is 219 Å². The molecule has 0 aromatic rings. The first kappa shape index (κ1) is 54.8. The van der Waals surface area contributed by atoms with Crippen molar-refractivity contribution >= 4 is 17.9 Å². The molecule has 0 heterocycles. The van der Waals surface area contributed by atoms with Gasteiger partial charge in [-0.15, -0.1) is 0 Å². The number of hydrogen-bond donors (Lipinski definition) is 1. The highest BCUT2D eigenvalue weighted by molar-refractivity contribution is 5.71. The van der Waals surface area contributed by atoms with Crippen LogP contribution in [0.5, 0.6) is 0 Å². The number of ether oxygens (including phenoxy) is 4. The topological polar surface area (TPSA) is 108 Å². The Kier molecular flexibility index (Phi) is 39.0. The number of quaternary nitrogens is 1. The van der Waals surface area contributed by atoms with Crippen LogP contribution >= 0.6 is 0 Å². The quantitative estimate of drug-likeness (QED) is 0.0213. The minimum Gasteiger partial charge on any atom is -0.477 e. The van der Waals surface area contributed by atoms with Crippen molar-refractivity contribution in [3.63, 3.8) is 0 Å². The van der Waals surface area contributed by atoms with E-state index in [1.165, 1.54) is 109 Å². The lowest BCUT2D eigenvalue weighted by Gasteiger charge is -2.25. The van der Waals surface area contributed by atoms with Gasteiger partial charge in [-0.25, -0.2) is 4.79 Å². The van der Waals surface area contributed by atoms with Crippen LogP contribution in [-0.2, 0) is 33.3 Å². The molecule has 0 aromatic heterocycles. The smallest absolute Gasteiger partial charge is 0.361 e. The van der Waals surface area contributed by atoms with Crippen LogP contribution in [0.1, 0.15) is 206 Å². The maximum atomic E-state index is 12.8. The van der Waals surface area contributed by atoms with Crippen LogP contribution < -0.4 is 0 Å². The van der Waals surface area contributed by atoms with Gasteiger partial charge in [0, 0.05) is 12.8 Å². The van der Waals surface area contributed by atoms with Crippen LogP contribution in [-0.4, -0.2) is 87.4 Å². The average molecular weight is 809 g/mol. The molecule has 0 fully saturated rings. The molecule has 0 aliphatic carbocycles. The Morgan fingerprint density at radius 3 is 1.30 bits per heavy atom. The van der Waals surface area contributed by atoms with Gasteiger partial charge < -0.3 is 28.5 Å². The molecule has 9 heteroatoms. The van der Waals surface area contributed by atoms with Gasteiger partial charge >= 0.3 is 17.9 Å². The average Bonchev–Trinajstić information content (AvgIpc) is 3.17. The predicted molar refractivity (Wildman–Crippen MR) is 235 cm³/mol. The van der Waals surface area contributed by atoms with Gasteiger partial charge in [0.25, 0.3) is 6.29 Å². The van der Waals surface area contributed by atoms with Gasteiger partial charge in [0.1, 0.15) is 13.2 Å². The molecule has 0 aromatic carbocycles.